The van der Waals surface area contributed by atoms with Gasteiger partial charge in [0, 0.05) is 0 Å². The maximum absolute atomic E-state index is 6.18. The van der Waals surface area contributed by atoms with E-state index in [0.717, 1.165) is 11.1 Å². The first kappa shape index (κ1) is 26.7. The van der Waals surface area contributed by atoms with Crippen LogP contribution in [0.3, 0.4) is 0 Å². The molecule has 4 rings (SSSR count). The van der Waals surface area contributed by atoms with Crippen molar-refractivity contribution in [2.24, 2.45) is 9.98 Å². The fraction of sp³-hybridized carbons (Fsp3) is 0.391. The van der Waals surface area contributed by atoms with E-state index >= 15 is 0 Å². The van der Waals surface area contributed by atoms with Gasteiger partial charge in [-0.3, -0.25) is 0 Å². The average molecular weight is 540 g/mol. The van der Waals surface area contributed by atoms with Gasteiger partial charge in [0.2, 0.25) is 0 Å². The molecule has 0 radical (unpaired) electrons. The van der Waals surface area contributed by atoms with Crippen LogP contribution in [-0.4, -0.2) is 23.0 Å². The molecule has 0 unspecified atom stereocenters. The maximum Gasteiger partial charge on any atom is 2.00 e. The van der Waals surface area contributed by atoms with Gasteiger partial charge in [-0.15, -0.1) is 0 Å². The van der Waals surface area contributed by atoms with E-state index < -0.39 is 0 Å². The second-order valence-electron chi connectivity index (χ2n) is 8.26. The summed E-state index contributed by atoms with van der Waals surface area (Å²) in [6.07, 6.45) is 0.486. The van der Waals surface area contributed by atoms with Gasteiger partial charge in [0.05, 0.1) is 6.42 Å². The van der Waals surface area contributed by atoms with Crippen molar-refractivity contribution in [3.63, 3.8) is 0 Å². The number of ether oxygens (including phenoxy) is 2. The quantitative estimate of drug-likeness (QED) is 0.482. The summed E-state index contributed by atoms with van der Waals surface area (Å²) in [5.74, 6) is 1.38. The van der Waals surface area contributed by atoms with Crippen molar-refractivity contribution in [1.29, 1.82) is 0 Å². The summed E-state index contributed by atoms with van der Waals surface area (Å²) in [5, 5.41) is 0. The minimum atomic E-state index is -0.385. The molecule has 2 aliphatic heterocycles. The van der Waals surface area contributed by atoms with Crippen molar-refractivity contribution in [3.05, 3.63) is 71.8 Å². The van der Waals surface area contributed by atoms with Crippen LogP contribution in [0.2, 0.25) is 0 Å². The number of hydrogen-bond donors (Lipinski definition) is 0. The molecule has 4 nitrogen and oxygen atoms in total. The van der Waals surface area contributed by atoms with E-state index in [1.165, 1.54) is 0 Å². The zero-order chi connectivity index (χ0) is 19.1. The van der Waals surface area contributed by atoms with E-state index in [2.05, 4.69) is 52.0 Å². The third-order valence-corrected chi connectivity index (χ3v) is 5.16. The zero-order valence-corrected chi connectivity index (χ0v) is 20.5. The fourth-order valence-corrected chi connectivity index (χ4v) is 3.89. The van der Waals surface area contributed by atoms with Crippen LogP contribution in [0.4, 0.5) is 0 Å². The molecule has 2 aromatic rings. The van der Waals surface area contributed by atoms with Gasteiger partial charge in [-0.05, 0) is 38.8 Å². The van der Waals surface area contributed by atoms with Crippen LogP contribution in [0.15, 0.2) is 70.6 Å². The molecule has 2 heterocycles. The van der Waals surface area contributed by atoms with E-state index in [1.807, 2.05) is 36.4 Å². The Kier molecular flexibility index (Phi) is 9.14. The summed E-state index contributed by atoms with van der Waals surface area (Å²) in [7, 11) is 0. The van der Waals surface area contributed by atoms with Crippen LogP contribution in [0.5, 0.6) is 0 Å². The second-order valence-corrected chi connectivity index (χ2v) is 8.26. The van der Waals surface area contributed by atoms with E-state index in [4.69, 9.17) is 19.5 Å². The number of nitrogens with zero attached hydrogens (tertiary/aromatic N) is 2. The monoisotopic (exact) mass is 538 g/mol. The van der Waals surface area contributed by atoms with Gasteiger partial charge >= 0.3 is 20.4 Å². The van der Waals surface area contributed by atoms with Crippen molar-refractivity contribution in [1.82, 2.24) is 0 Å². The summed E-state index contributed by atoms with van der Waals surface area (Å²) in [6, 6.07) is 20.5. The van der Waals surface area contributed by atoms with Crippen LogP contribution < -0.4 is 24.8 Å². The Morgan fingerprint density at radius 1 is 0.667 bits per heavy atom. The van der Waals surface area contributed by atoms with Crippen molar-refractivity contribution in [2.75, 3.05) is 0 Å². The first-order valence-corrected chi connectivity index (χ1v) is 9.46. The largest absolute Gasteiger partial charge is 2.00 e. The molecule has 0 saturated heterocycles. The smallest absolute Gasteiger partial charge is 1.00 e. The normalized spacial score (nSPS) is 22.8. The van der Waals surface area contributed by atoms with Gasteiger partial charge in [-0.25, -0.2) is 9.98 Å². The molecular weight excluding hydrogens is 514 g/mol. The van der Waals surface area contributed by atoms with Gasteiger partial charge in [-0.1, -0.05) is 60.7 Å². The SMILES string of the molecule is CC1(C)OC(CC2=N[C@H](c3ccccc3)C(C)(C)O2)=N[C@@H]1c1ccccc1.[Cl-].[Cl-].[Pd+2]. The molecular formula is C23H26Cl2N2O2Pd. The second kappa shape index (κ2) is 10.3. The Balaban J connectivity index is 0.00000150. The van der Waals surface area contributed by atoms with Crippen LogP contribution in [-0.2, 0) is 29.9 Å². The van der Waals surface area contributed by atoms with Gasteiger partial charge in [-0.2, -0.15) is 0 Å². The Morgan fingerprint density at radius 3 is 1.33 bits per heavy atom. The standard InChI is InChI=1S/C23H26N2O2.2ClH.Pd/c1-22(2)20(16-11-7-5-8-12-16)24-18(26-22)15-19-25-21(23(3,4)27-19)17-13-9-6-10-14-17;;;/h5-14,20-21H,15H2,1-4H3;2*1H;/q;;;+2/p-2/t20-,21-;;;/m1.../s1. The van der Waals surface area contributed by atoms with Crippen LogP contribution in [0.1, 0.15) is 57.3 Å². The maximum atomic E-state index is 6.18. The van der Waals surface area contributed by atoms with Gasteiger partial charge in [0.1, 0.15) is 23.3 Å². The summed E-state index contributed by atoms with van der Waals surface area (Å²) >= 11 is 0. The topological polar surface area (TPSA) is 43.2 Å². The van der Waals surface area contributed by atoms with Gasteiger partial charge < -0.3 is 34.3 Å². The predicted molar refractivity (Wildman–Crippen MR) is 108 cm³/mol. The van der Waals surface area contributed by atoms with E-state index in [0.29, 0.717) is 18.2 Å². The van der Waals surface area contributed by atoms with Gasteiger partial charge in [0.25, 0.3) is 0 Å². The predicted octanol–water partition coefficient (Wildman–Crippen LogP) is -0.721. The first-order valence-electron chi connectivity index (χ1n) is 9.46. The molecule has 0 saturated carbocycles. The molecule has 0 N–H and O–H groups in total. The molecule has 0 fully saturated rings. The number of benzene rings is 2. The molecule has 0 bridgehead atoms. The molecule has 0 aliphatic carbocycles. The number of aliphatic imine (C=N–C) groups is 2. The minimum absolute atomic E-state index is 0. The fourth-order valence-electron chi connectivity index (χ4n) is 3.89. The molecule has 30 heavy (non-hydrogen) atoms. The summed E-state index contributed by atoms with van der Waals surface area (Å²) in [5.41, 5.74) is 1.55. The van der Waals surface area contributed by atoms with E-state index in [-0.39, 0.29) is 68.5 Å². The average Bonchev–Trinajstić information content (AvgIpc) is 3.11. The van der Waals surface area contributed by atoms with Crippen molar-refractivity contribution < 1.29 is 54.7 Å². The number of rotatable bonds is 4. The molecule has 0 amide bonds. The summed E-state index contributed by atoms with van der Waals surface area (Å²) in [4.78, 5) is 9.71. The van der Waals surface area contributed by atoms with Crippen LogP contribution in [0, 0.1) is 0 Å². The van der Waals surface area contributed by atoms with E-state index in [1.54, 1.807) is 0 Å². The third kappa shape index (κ3) is 5.45. The molecule has 2 aliphatic rings. The molecule has 0 spiro atoms. The van der Waals surface area contributed by atoms with Crippen molar-refractivity contribution >= 4 is 11.8 Å². The Morgan fingerprint density at radius 2 is 1.00 bits per heavy atom. The zero-order valence-electron chi connectivity index (χ0n) is 17.4. The first-order chi connectivity index (χ1) is 12.9. The number of halogens is 2. The van der Waals surface area contributed by atoms with Crippen LogP contribution in [0.25, 0.3) is 0 Å². The molecule has 2 atom stereocenters. The third-order valence-electron chi connectivity index (χ3n) is 5.16. The molecule has 0 aromatic heterocycles. The number of hydrogen-bond acceptors (Lipinski definition) is 4. The molecule has 2 aromatic carbocycles. The van der Waals surface area contributed by atoms with Crippen molar-refractivity contribution in [2.45, 2.75) is 57.4 Å². The Hall–Kier alpha value is -1.38. The Bertz CT molecular complexity index is 813. The summed E-state index contributed by atoms with van der Waals surface area (Å²) < 4.78 is 12.4. The van der Waals surface area contributed by atoms with Gasteiger partial charge in [0.15, 0.2) is 11.8 Å². The molecule has 164 valence electrons. The minimum Gasteiger partial charge on any atom is -1.00 e. The van der Waals surface area contributed by atoms with Crippen LogP contribution >= 0.6 is 0 Å². The summed E-state index contributed by atoms with van der Waals surface area (Å²) in [6.45, 7) is 8.31. The molecule has 7 heteroatoms. The van der Waals surface area contributed by atoms with E-state index in [9.17, 15) is 0 Å². The van der Waals surface area contributed by atoms with Crippen molar-refractivity contribution in [3.8, 4) is 0 Å². The Labute approximate surface area is 205 Å².